The molecule has 1 aromatic rings. The van der Waals surface area contributed by atoms with Gasteiger partial charge in [0.1, 0.15) is 5.41 Å². The lowest BCUT2D eigenvalue weighted by Gasteiger charge is -2.24. The van der Waals surface area contributed by atoms with Crippen LogP contribution in [0.5, 0.6) is 0 Å². The lowest BCUT2D eigenvalue weighted by Crippen LogP contribution is -2.35. The highest BCUT2D eigenvalue weighted by Gasteiger charge is 2.37. The predicted molar refractivity (Wildman–Crippen MR) is 70.7 cm³/mol. The molecule has 102 valence electrons. The van der Waals surface area contributed by atoms with Crippen molar-refractivity contribution in [2.24, 2.45) is 5.41 Å². The molecule has 0 atom stereocenters. The molecule has 4 nitrogen and oxygen atoms in total. The number of carbonyl (C=O) groups is 1. The highest BCUT2D eigenvalue weighted by molar-refractivity contribution is 5.97. The summed E-state index contributed by atoms with van der Waals surface area (Å²) in [5.41, 5.74) is -1.02. The van der Waals surface area contributed by atoms with Crippen LogP contribution in [0.2, 0.25) is 0 Å². The van der Waals surface area contributed by atoms with E-state index in [0.717, 1.165) is 19.0 Å². The van der Waals surface area contributed by atoms with E-state index in [1.807, 2.05) is 13.8 Å². The molecule has 5 heteroatoms. The Morgan fingerprint density at radius 3 is 2.58 bits per heavy atom. The molecule has 0 aliphatic heterocycles. The summed E-state index contributed by atoms with van der Waals surface area (Å²) in [6.07, 6.45) is 4.81. The molecule has 0 saturated carbocycles. The summed E-state index contributed by atoms with van der Waals surface area (Å²) in [5.74, 6) is -1.04. The fourth-order valence-electron chi connectivity index (χ4n) is 2.09. The molecule has 1 rings (SSSR count). The van der Waals surface area contributed by atoms with Gasteiger partial charge in [0.05, 0.1) is 18.0 Å². The number of carbonyl (C=O) groups excluding carboxylic acids is 1. The van der Waals surface area contributed by atoms with Crippen LogP contribution >= 0.6 is 0 Å². The normalized spacial score (nSPS) is 10.8. The van der Waals surface area contributed by atoms with Crippen LogP contribution in [0.3, 0.4) is 0 Å². The van der Waals surface area contributed by atoms with Gasteiger partial charge in [0, 0.05) is 6.20 Å². The minimum absolute atomic E-state index is 0.0619. The van der Waals surface area contributed by atoms with Crippen molar-refractivity contribution in [2.45, 2.75) is 39.5 Å². The molecule has 19 heavy (non-hydrogen) atoms. The molecule has 0 aromatic carbocycles. The molecule has 1 amide bonds. The summed E-state index contributed by atoms with van der Waals surface area (Å²) in [4.78, 5) is 15.9. The van der Waals surface area contributed by atoms with Crippen LogP contribution in [-0.2, 0) is 4.79 Å². The van der Waals surface area contributed by atoms with Crippen LogP contribution in [0, 0.1) is 22.6 Å². The van der Waals surface area contributed by atoms with Crippen molar-refractivity contribution in [3.8, 4) is 6.07 Å². The van der Waals surface area contributed by atoms with E-state index < -0.39 is 17.1 Å². The van der Waals surface area contributed by atoms with Crippen molar-refractivity contribution in [3.63, 3.8) is 0 Å². The summed E-state index contributed by atoms with van der Waals surface area (Å²) in [7, 11) is 0. The number of amides is 1. The molecule has 0 fully saturated rings. The monoisotopic (exact) mass is 263 g/mol. The quantitative estimate of drug-likeness (QED) is 0.856. The Bertz CT molecular complexity index is 476. The Balaban J connectivity index is 2.95. The van der Waals surface area contributed by atoms with Gasteiger partial charge in [-0.25, -0.2) is 4.39 Å². The van der Waals surface area contributed by atoms with E-state index >= 15 is 0 Å². The average Bonchev–Trinajstić information content (AvgIpc) is 2.41. The zero-order chi connectivity index (χ0) is 14.3. The van der Waals surface area contributed by atoms with E-state index in [1.165, 1.54) is 12.3 Å². The van der Waals surface area contributed by atoms with Gasteiger partial charge in [-0.1, -0.05) is 26.7 Å². The summed E-state index contributed by atoms with van der Waals surface area (Å²) in [6.45, 7) is 3.84. The predicted octanol–water partition coefficient (Wildman–Crippen LogP) is 3.27. The van der Waals surface area contributed by atoms with Crippen LogP contribution in [0.25, 0.3) is 0 Å². The molecule has 0 bridgehead atoms. The smallest absolute Gasteiger partial charge is 0.244 e. The first-order valence-electron chi connectivity index (χ1n) is 6.42. The first-order chi connectivity index (χ1) is 9.09. The third kappa shape index (κ3) is 3.50. The van der Waals surface area contributed by atoms with Gasteiger partial charge in [-0.15, -0.1) is 0 Å². The van der Waals surface area contributed by atoms with Crippen molar-refractivity contribution in [1.82, 2.24) is 4.98 Å². The number of nitriles is 1. The maximum absolute atomic E-state index is 13.5. The van der Waals surface area contributed by atoms with E-state index in [-0.39, 0.29) is 5.69 Å². The summed E-state index contributed by atoms with van der Waals surface area (Å²) >= 11 is 0. The molecule has 0 aliphatic carbocycles. The molecule has 0 saturated heterocycles. The van der Waals surface area contributed by atoms with E-state index in [0.29, 0.717) is 12.8 Å². The fraction of sp³-hybridized carbons (Fsp3) is 0.500. The second kappa shape index (κ2) is 6.83. The number of hydrogen-bond donors (Lipinski definition) is 1. The van der Waals surface area contributed by atoms with Gasteiger partial charge in [-0.2, -0.15) is 5.26 Å². The van der Waals surface area contributed by atoms with Crippen molar-refractivity contribution in [3.05, 3.63) is 24.3 Å². The number of aromatic nitrogens is 1. The topological polar surface area (TPSA) is 65.8 Å². The lowest BCUT2D eigenvalue weighted by atomic mass is 9.79. The maximum Gasteiger partial charge on any atom is 0.244 e. The molecular weight excluding hydrogens is 245 g/mol. The number of pyridine rings is 1. The van der Waals surface area contributed by atoms with Crippen LogP contribution in [0.15, 0.2) is 18.5 Å². The number of hydrogen-bond acceptors (Lipinski definition) is 3. The summed E-state index contributed by atoms with van der Waals surface area (Å²) in [6, 6.07) is 3.49. The zero-order valence-electron chi connectivity index (χ0n) is 11.2. The molecule has 1 N–H and O–H groups in total. The Morgan fingerprint density at radius 2 is 2.11 bits per heavy atom. The minimum Gasteiger partial charge on any atom is -0.322 e. The van der Waals surface area contributed by atoms with Gasteiger partial charge in [0.2, 0.25) is 5.91 Å². The third-order valence-corrected chi connectivity index (χ3v) is 3.02. The van der Waals surface area contributed by atoms with Crippen molar-refractivity contribution >= 4 is 11.6 Å². The molecule has 0 aliphatic rings. The fourth-order valence-corrected chi connectivity index (χ4v) is 2.09. The van der Waals surface area contributed by atoms with Crippen LogP contribution in [-0.4, -0.2) is 10.9 Å². The number of rotatable bonds is 6. The first kappa shape index (κ1) is 15.1. The zero-order valence-corrected chi connectivity index (χ0v) is 11.2. The van der Waals surface area contributed by atoms with Crippen molar-refractivity contribution < 1.29 is 9.18 Å². The summed E-state index contributed by atoms with van der Waals surface area (Å²) < 4.78 is 13.5. The Morgan fingerprint density at radius 1 is 1.47 bits per heavy atom. The van der Waals surface area contributed by atoms with Gasteiger partial charge < -0.3 is 5.32 Å². The summed E-state index contributed by atoms with van der Waals surface area (Å²) in [5, 5.41) is 11.8. The largest absolute Gasteiger partial charge is 0.322 e. The van der Waals surface area contributed by atoms with E-state index in [4.69, 9.17) is 0 Å². The van der Waals surface area contributed by atoms with E-state index in [9.17, 15) is 14.4 Å². The van der Waals surface area contributed by atoms with Gasteiger partial charge in [0.25, 0.3) is 0 Å². The van der Waals surface area contributed by atoms with Crippen LogP contribution in [0.4, 0.5) is 10.1 Å². The second-order valence-corrected chi connectivity index (χ2v) is 4.50. The van der Waals surface area contributed by atoms with Crippen molar-refractivity contribution in [1.29, 1.82) is 5.26 Å². The first-order valence-corrected chi connectivity index (χ1v) is 6.42. The lowest BCUT2D eigenvalue weighted by molar-refractivity contribution is -0.123. The SMILES string of the molecule is CCCC(C#N)(CCC)C(=O)Nc1ccncc1F. The van der Waals surface area contributed by atoms with Crippen LogP contribution in [0.1, 0.15) is 39.5 Å². The van der Waals surface area contributed by atoms with Crippen molar-refractivity contribution in [2.75, 3.05) is 5.32 Å². The van der Waals surface area contributed by atoms with Gasteiger partial charge >= 0.3 is 0 Å². The Kier molecular flexibility index (Phi) is 5.43. The van der Waals surface area contributed by atoms with E-state index in [1.54, 1.807) is 0 Å². The number of nitrogens with one attached hydrogen (secondary N) is 1. The molecule has 0 spiro atoms. The van der Waals surface area contributed by atoms with Gasteiger partial charge in [-0.05, 0) is 18.9 Å². The second-order valence-electron chi connectivity index (χ2n) is 4.50. The highest BCUT2D eigenvalue weighted by Crippen LogP contribution is 2.31. The van der Waals surface area contributed by atoms with Gasteiger partial charge in [-0.3, -0.25) is 9.78 Å². The maximum atomic E-state index is 13.5. The average molecular weight is 263 g/mol. The molecule has 0 radical (unpaired) electrons. The van der Waals surface area contributed by atoms with E-state index in [2.05, 4.69) is 16.4 Å². The van der Waals surface area contributed by atoms with Gasteiger partial charge in [0.15, 0.2) is 5.82 Å². The highest BCUT2D eigenvalue weighted by atomic mass is 19.1. The number of anilines is 1. The minimum atomic E-state index is -1.08. The molecule has 0 unspecified atom stereocenters. The molecule has 1 aromatic heterocycles. The Labute approximate surface area is 112 Å². The van der Waals surface area contributed by atoms with Crippen LogP contribution < -0.4 is 5.32 Å². The standard InChI is InChI=1S/C14H18FN3O/c1-3-6-14(10-16,7-4-2)13(19)18-12-5-8-17-9-11(12)15/h5,8-9H,3-4,6-7H2,1-2H3,(H,17,18,19). The number of nitrogens with zero attached hydrogens (tertiary/aromatic N) is 2. The Hall–Kier alpha value is -1.96. The molecule has 1 heterocycles. The molecular formula is C14H18FN3O. The third-order valence-electron chi connectivity index (χ3n) is 3.02. The number of halogens is 1.